The molecule has 7 heteroatoms. The van der Waals surface area contributed by atoms with Crippen molar-refractivity contribution in [1.82, 2.24) is 20.2 Å². The van der Waals surface area contributed by atoms with E-state index in [1.807, 2.05) is 24.3 Å². The lowest BCUT2D eigenvalue weighted by Crippen LogP contribution is -2.28. The number of amides is 1. The predicted octanol–water partition coefficient (Wildman–Crippen LogP) is 2.13. The standard InChI is InChI=1S/C16H21N5O2/c1-23-15-5-3-2-4-14(15)18-16(22)13-8-6-12(7-9-13)10-21-11-17-19-20-21/h2-5,11-13H,6-10H2,1H3,(H,18,22). The van der Waals surface area contributed by atoms with Crippen molar-refractivity contribution in [3.63, 3.8) is 0 Å². The Morgan fingerprint density at radius 3 is 2.78 bits per heavy atom. The Balaban J connectivity index is 1.52. The van der Waals surface area contributed by atoms with Crippen LogP contribution >= 0.6 is 0 Å². The Kier molecular flexibility index (Phi) is 4.85. The molecule has 0 bridgehead atoms. The van der Waals surface area contributed by atoms with Gasteiger partial charge in [-0.2, -0.15) is 0 Å². The SMILES string of the molecule is COc1ccccc1NC(=O)C1CCC(Cn2cnnn2)CC1. The van der Waals surface area contributed by atoms with Crippen molar-refractivity contribution in [2.45, 2.75) is 32.2 Å². The minimum absolute atomic E-state index is 0.0602. The van der Waals surface area contributed by atoms with E-state index in [-0.39, 0.29) is 11.8 Å². The zero-order valence-electron chi connectivity index (χ0n) is 13.2. The normalized spacial score (nSPS) is 20.9. The molecule has 1 N–H and O–H groups in total. The largest absolute Gasteiger partial charge is 0.495 e. The fourth-order valence-electron chi connectivity index (χ4n) is 3.12. The van der Waals surface area contributed by atoms with Crippen LogP contribution in [0, 0.1) is 11.8 Å². The van der Waals surface area contributed by atoms with Gasteiger partial charge in [-0.05, 0) is 54.2 Å². The molecule has 1 aliphatic rings. The second kappa shape index (κ2) is 7.21. The number of tetrazole rings is 1. The van der Waals surface area contributed by atoms with Crippen LogP contribution in [0.4, 0.5) is 5.69 Å². The molecule has 0 unspecified atom stereocenters. The van der Waals surface area contributed by atoms with Gasteiger partial charge in [0, 0.05) is 12.5 Å². The number of hydrogen-bond acceptors (Lipinski definition) is 5. The average Bonchev–Trinajstić information content (AvgIpc) is 3.09. The van der Waals surface area contributed by atoms with Crippen LogP contribution in [-0.4, -0.2) is 33.2 Å². The Bertz CT molecular complexity index is 636. The molecule has 1 fully saturated rings. The molecule has 1 saturated carbocycles. The van der Waals surface area contributed by atoms with Gasteiger partial charge in [0.25, 0.3) is 0 Å². The third-order valence-electron chi connectivity index (χ3n) is 4.42. The van der Waals surface area contributed by atoms with Crippen LogP contribution in [0.25, 0.3) is 0 Å². The van der Waals surface area contributed by atoms with Gasteiger partial charge in [0.15, 0.2) is 0 Å². The van der Waals surface area contributed by atoms with Gasteiger partial charge in [-0.15, -0.1) is 5.10 Å². The molecule has 0 spiro atoms. The van der Waals surface area contributed by atoms with Crippen molar-refractivity contribution in [3.8, 4) is 5.75 Å². The van der Waals surface area contributed by atoms with E-state index in [0.717, 1.165) is 37.9 Å². The van der Waals surface area contributed by atoms with Crippen LogP contribution in [0.5, 0.6) is 5.75 Å². The lowest BCUT2D eigenvalue weighted by Gasteiger charge is -2.27. The molecule has 1 aromatic heterocycles. The summed E-state index contributed by atoms with van der Waals surface area (Å²) in [6.07, 6.45) is 5.47. The number of methoxy groups -OCH3 is 1. The number of para-hydroxylation sites is 2. The highest BCUT2D eigenvalue weighted by atomic mass is 16.5. The molecule has 3 rings (SSSR count). The molecule has 2 aromatic rings. The molecule has 0 atom stereocenters. The van der Waals surface area contributed by atoms with E-state index >= 15 is 0 Å². The van der Waals surface area contributed by atoms with E-state index < -0.39 is 0 Å². The molecular formula is C16H21N5O2. The number of hydrogen-bond donors (Lipinski definition) is 1. The molecular weight excluding hydrogens is 294 g/mol. The summed E-state index contributed by atoms with van der Waals surface area (Å²) < 4.78 is 7.04. The quantitative estimate of drug-likeness (QED) is 0.914. The first-order valence-corrected chi connectivity index (χ1v) is 7.91. The smallest absolute Gasteiger partial charge is 0.227 e. The Morgan fingerprint density at radius 2 is 2.09 bits per heavy atom. The lowest BCUT2D eigenvalue weighted by atomic mass is 9.81. The minimum Gasteiger partial charge on any atom is -0.495 e. The summed E-state index contributed by atoms with van der Waals surface area (Å²) in [7, 11) is 1.61. The second-order valence-corrected chi connectivity index (χ2v) is 5.94. The Morgan fingerprint density at radius 1 is 1.30 bits per heavy atom. The topological polar surface area (TPSA) is 81.9 Å². The molecule has 122 valence electrons. The minimum atomic E-state index is 0.0602. The summed E-state index contributed by atoms with van der Waals surface area (Å²) in [5, 5.41) is 14.2. The summed E-state index contributed by atoms with van der Waals surface area (Å²) in [6, 6.07) is 7.48. The summed E-state index contributed by atoms with van der Waals surface area (Å²) in [4.78, 5) is 12.5. The van der Waals surface area contributed by atoms with E-state index in [0.29, 0.717) is 11.7 Å². The predicted molar refractivity (Wildman–Crippen MR) is 84.9 cm³/mol. The number of nitrogens with one attached hydrogen (secondary N) is 1. The van der Waals surface area contributed by atoms with Crippen LogP contribution in [0.2, 0.25) is 0 Å². The number of carbonyl (C=O) groups excluding carboxylic acids is 1. The molecule has 0 saturated heterocycles. The van der Waals surface area contributed by atoms with E-state index in [9.17, 15) is 4.79 Å². The van der Waals surface area contributed by atoms with Crippen molar-refractivity contribution in [3.05, 3.63) is 30.6 Å². The molecule has 1 amide bonds. The van der Waals surface area contributed by atoms with Gasteiger partial charge in [0.1, 0.15) is 12.1 Å². The van der Waals surface area contributed by atoms with Crippen molar-refractivity contribution >= 4 is 11.6 Å². The van der Waals surface area contributed by atoms with E-state index in [1.165, 1.54) is 0 Å². The third-order valence-corrected chi connectivity index (χ3v) is 4.42. The fraction of sp³-hybridized carbons (Fsp3) is 0.500. The molecule has 1 aliphatic carbocycles. The summed E-state index contributed by atoms with van der Waals surface area (Å²) in [5.74, 6) is 1.36. The zero-order chi connectivity index (χ0) is 16.1. The molecule has 1 heterocycles. The first-order valence-electron chi connectivity index (χ1n) is 7.91. The average molecular weight is 315 g/mol. The molecule has 0 aliphatic heterocycles. The summed E-state index contributed by atoms with van der Waals surface area (Å²) >= 11 is 0. The number of anilines is 1. The Hall–Kier alpha value is -2.44. The van der Waals surface area contributed by atoms with Gasteiger partial charge in [0.05, 0.1) is 12.8 Å². The van der Waals surface area contributed by atoms with E-state index in [1.54, 1.807) is 18.1 Å². The summed E-state index contributed by atoms with van der Waals surface area (Å²) in [6.45, 7) is 0.827. The number of benzene rings is 1. The van der Waals surface area contributed by atoms with Gasteiger partial charge in [-0.3, -0.25) is 4.79 Å². The maximum atomic E-state index is 12.5. The fourth-order valence-corrected chi connectivity index (χ4v) is 3.12. The number of rotatable bonds is 5. The molecule has 0 radical (unpaired) electrons. The van der Waals surface area contributed by atoms with Crippen molar-refractivity contribution in [2.24, 2.45) is 11.8 Å². The number of aromatic nitrogens is 4. The number of carbonyl (C=O) groups is 1. The van der Waals surface area contributed by atoms with Gasteiger partial charge < -0.3 is 10.1 Å². The molecule has 7 nitrogen and oxygen atoms in total. The van der Waals surface area contributed by atoms with E-state index in [4.69, 9.17) is 4.74 Å². The van der Waals surface area contributed by atoms with Gasteiger partial charge in [0.2, 0.25) is 5.91 Å². The first kappa shape index (κ1) is 15.5. The number of nitrogens with zero attached hydrogens (tertiary/aromatic N) is 4. The monoisotopic (exact) mass is 315 g/mol. The van der Waals surface area contributed by atoms with Crippen LogP contribution in [0.15, 0.2) is 30.6 Å². The van der Waals surface area contributed by atoms with Crippen LogP contribution in [0.3, 0.4) is 0 Å². The molecule has 1 aromatic carbocycles. The first-order chi connectivity index (χ1) is 11.3. The highest BCUT2D eigenvalue weighted by molar-refractivity contribution is 5.93. The number of ether oxygens (including phenoxy) is 1. The summed E-state index contributed by atoms with van der Waals surface area (Å²) in [5.41, 5.74) is 0.732. The maximum Gasteiger partial charge on any atom is 0.227 e. The second-order valence-electron chi connectivity index (χ2n) is 5.94. The highest BCUT2D eigenvalue weighted by Gasteiger charge is 2.27. The van der Waals surface area contributed by atoms with Gasteiger partial charge >= 0.3 is 0 Å². The third kappa shape index (κ3) is 3.85. The lowest BCUT2D eigenvalue weighted by molar-refractivity contribution is -0.121. The molecule has 23 heavy (non-hydrogen) atoms. The highest BCUT2D eigenvalue weighted by Crippen LogP contribution is 2.31. The van der Waals surface area contributed by atoms with Crippen molar-refractivity contribution in [2.75, 3.05) is 12.4 Å². The van der Waals surface area contributed by atoms with Gasteiger partial charge in [-0.1, -0.05) is 12.1 Å². The maximum absolute atomic E-state index is 12.5. The van der Waals surface area contributed by atoms with E-state index in [2.05, 4.69) is 20.8 Å². The van der Waals surface area contributed by atoms with Crippen LogP contribution in [-0.2, 0) is 11.3 Å². The van der Waals surface area contributed by atoms with Crippen LogP contribution < -0.4 is 10.1 Å². The zero-order valence-corrected chi connectivity index (χ0v) is 13.2. The van der Waals surface area contributed by atoms with Crippen molar-refractivity contribution < 1.29 is 9.53 Å². The van der Waals surface area contributed by atoms with Crippen molar-refractivity contribution in [1.29, 1.82) is 0 Å². The Labute approximate surface area is 135 Å². The van der Waals surface area contributed by atoms with Gasteiger partial charge in [-0.25, -0.2) is 4.68 Å². The van der Waals surface area contributed by atoms with Crippen LogP contribution in [0.1, 0.15) is 25.7 Å².